The second-order valence-electron chi connectivity index (χ2n) is 6.61. The van der Waals surface area contributed by atoms with Crippen molar-refractivity contribution in [2.24, 2.45) is 0 Å². The molecule has 0 amide bonds. The average molecular weight is 384 g/mol. The first-order chi connectivity index (χ1) is 12.6. The highest BCUT2D eigenvalue weighted by molar-refractivity contribution is 6.30. The lowest BCUT2D eigenvalue weighted by molar-refractivity contribution is -0.179. The standard InChI is InChI=1S/C22H19Cl2NO/c1-25-21(16-7-11-19(23)12-8-16)15-22(26-25,17-5-3-2-4-6-17)18-9-13-20(24)14-10-18/h2-14,21H,15H2,1H3. The molecule has 3 aromatic carbocycles. The number of rotatable bonds is 3. The molecule has 132 valence electrons. The van der Waals surface area contributed by atoms with Crippen LogP contribution in [0.5, 0.6) is 0 Å². The predicted octanol–water partition coefficient (Wildman–Crippen LogP) is 6.25. The molecule has 2 atom stereocenters. The fraction of sp³-hybridized carbons (Fsp3) is 0.182. The van der Waals surface area contributed by atoms with E-state index in [1.54, 1.807) is 0 Å². The summed E-state index contributed by atoms with van der Waals surface area (Å²) in [5, 5.41) is 3.41. The molecule has 1 aliphatic rings. The van der Waals surface area contributed by atoms with Gasteiger partial charge in [-0.05, 0) is 41.0 Å². The Morgan fingerprint density at radius 1 is 0.808 bits per heavy atom. The van der Waals surface area contributed by atoms with E-state index >= 15 is 0 Å². The number of hydrogen-bond donors (Lipinski definition) is 0. The van der Waals surface area contributed by atoms with E-state index in [1.807, 2.05) is 66.7 Å². The van der Waals surface area contributed by atoms with Gasteiger partial charge in [-0.25, -0.2) is 0 Å². The molecule has 2 nitrogen and oxygen atoms in total. The van der Waals surface area contributed by atoms with Crippen LogP contribution in [-0.4, -0.2) is 12.1 Å². The van der Waals surface area contributed by atoms with Crippen LogP contribution in [0, 0.1) is 0 Å². The normalized spacial score (nSPS) is 23.3. The molecule has 4 heteroatoms. The molecule has 1 fully saturated rings. The molecule has 1 heterocycles. The Kier molecular flexibility index (Phi) is 4.76. The van der Waals surface area contributed by atoms with Crippen molar-refractivity contribution in [3.05, 3.63) is 106 Å². The Bertz CT molecular complexity index is 880. The van der Waals surface area contributed by atoms with Crippen LogP contribution in [0.2, 0.25) is 10.0 Å². The zero-order valence-corrected chi connectivity index (χ0v) is 15.9. The maximum Gasteiger partial charge on any atom is 0.142 e. The van der Waals surface area contributed by atoms with Gasteiger partial charge in [0.05, 0.1) is 6.04 Å². The van der Waals surface area contributed by atoms with E-state index in [0.29, 0.717) is 0 Å². The third kappa shape index (κ3) is 3.15. The van der Waals surface area contributed by atoms with Gasteiger partial charge in [-0.15, -0.1) is 0 Å². The summed E-state index contributed by atoms with van der Waals surface area (Å²) in [6.45, 7) is 0. The topological polar surface area (TPSA) is 12.5 Å². The van der Waals surface area contributed by atoms with Gasteiger partial charge in [0.15, 0.2) is 0 Å². The SMILES string of the molecule is CN1OC(c2ccccc2)(c2ccc(Cl)cc2)CC1c1ccc(Cl)cc1. The first-order valence-corrected chi connectivity index (χ1v) is 9.33. The number of hydrogen-bond acceptors (Lipinski definition) is 2. The smallest absolute Gasteiger partial charge is 0.142 e. The Hall–Kier alpha value is -1.84. The Labute approximate surface area is 163 Å². The number of hydroxylamine groups is 2. The van der Waals surface area contributed by atoms with E-state index in [1.165, 1.54) is 5.56 Å². The minimum atomic E-state index is -0.551. The van der Waals surface area contributed by atoms with Crippen molar-refractivity contribution in [1.82, 2.24) is 5.06 Å². The molecular formula is C22H19Cl2NO. The minimum Gasteiger partial charge on any atom is -0.282 e. The van der Waals surface area contributed by atoms with Crippen LogP contribution in [0.15, 0.2) is 78.9 Å². The lowest BCUT2D eigenvalue weighted by Gasteiger charge is -2.29. The lowest BCUT2D eigenvalue weighted by atomic mass is 9.81. The predicted molar refractivity (Wildman–Crippen MR) is 106 cm³/mol. The Balaban J connectivity index is 1.80. The summed E-state index contributed by atoms with van der Waals surface area (Å²) in [4.78, 5) is 6.52. The first kappa shape index (κ1) is 17.6. The maximum absolute atomic E-state index is 6.52. The molecule has 2 unspecified atom stereocenters. The van der Waals surface area contributed by atoms with Gasteiger partial charge in [0, 0.05) is 23.5 Å². The fourth-order valence-electron chi connectivity index (χ4n) is 3.69. The number of halogens is 2. The zero-order valence-electron chi connectivity index (χ0n) is 14.4. The maximum atomic E-state index is 6.52. The van der Waals surface area contributed by atoms with Crippen molar-refractivity contribution < 1.29 is 4.84 Å². The average Bonchev–Trinajstić information content (AvgIpc) is 3.02. The van der Waals surface area contributed by atoms with Gasteiger partial charge >= 0.3 is 0 Å². The van der Waals surface area contributed by atoms with Crippen molar-refractivity contribution in [3.8, 4) is 0 Å². The van der Waals surface area contributed by atoms with Crippen molar-refractivity contribution in [2.45, 2.75) is 18.1 Å². The second-order valence-corrected chi connectivity index (χ2v) is 7.48. The highest BCUT2D eigenvalue weighted by Crippen LogP contribution is 2.49. The van der Waals surface area contributed by atoms with Crippen LogP contribution < -0.4 is 0 Å². The van der Waals surface area contributed by atoms with E-state index in [4.69, 9.17) is 28.0 Å². The van der Waals surface area contributed by atoms with Crippen LogP contribution in [0.1, 0.15) is 29.2 Å². The lowest BCUT2D eigenvalue weighted by Crippen LogP contribution is -2.28. The molecule has 4 rings (SSSR count). The van der Waals surface area contributed by atoms with Gasteiger partial charge in [-0.2, -0.15) is 5.06 Å². The van der Waals surface area contributed by atoms with Crippen molar-refractivity contribution in [1.29, 1.82) is 0 Å². The van der Waals surface area contributed by atoms with Crippen LogP contribution >= 0.6 is 23.2 Å². The summed E-state index contributed by atoms with van der Waals surface area (Å²) in [6, 6.07) is 26.4. The second kappa shape index (κ2) is 7.05. The van der Waals surface area contributed by atoms with Crippen molar-refractivity contribution in [2.75, 3.05) is 7.05 Å². The van der Waals surface area contributed by atoms with Gasteiger partial charge in [-0.1, -0.05) is 77.8 Å². The van der Waals surface area contributed by atoms with E-state index in [-0.39, 0.29) is 6.04 Å². The molecule has 0 aliphatic carbocycles. The van der Waals surface area contributed by atoms with Crippen LogP contribution in [-0.2, 0) is 10.4 Å². The molecule has 26 heavy (non-hydrogen) atoms. The number of nitrogens with zero attached hydrogens (tertiary/aromatic N) is 1. The third-order valence-corrected chi connectivity index (χ3v) is 5.53. The van der Waals surface area contributed by atoms with E-state index in [0.717, 1.165) is 27.6 Å². The molecule has 0 radical (unpaired) electrons. The number of benzene rings is 3. The van der Waals surface area contributed by atoms with Crippen LogP contribution in [0.4, 0.5) is 0 Å². The van der Waals surface area contributed by atoms with Gasteiger partial charge in [0.25, 0.3) is 0 Å². The summed E-state index contributed by atoms with van der Waals surface area (Å²) in [5.41, 5.74) is 2.86. The monoisotopic (exact) mass is 383 g/mol. The van der Waals surface area contributed by atoms with Gasteiger partial charge in [0.1, 0.15) is 5.60 Å². The minimum absolute atomic E-state index is 0.128. The first-order valence-electron chi connectivity index (χ1n) is 8.57. The quantitative estimate of drug-likeness (QED) is 0.530. The molecule has 0 bridgehead atoms. The zero-order chi connectivity index (χ0) is 18.1. The summed E-state index contributed by atoms with van der Waals surface area (Å²) in [5.74, 6) is 0. The summed E-state index contributed by atoms with van der Waals surface area (Å²) >= 11 is 12.2. The van der Waals surface area contributed by atoms with Crippen LogP contribution in [0.3, 0.4) is 0 Å². The molecular weight excluding hydrogens is 365 g/mol. The third-order valence-electron chi connectivity index (χ3n) is 5.02. The largest absolute Gasteiger partial charge is 0.282 e. The molecule has 0 aromatic heterocycles. The van der Waals surface area contributed by atoms with Crippen molar-refractivity contribution >= 4 is 23.2 Å². The van der Waals surface area contributed by atoms with E-state index in [2.05, 4.69) is 24.3 Å². The van der Waals surface area contributed by atoms with Crippen molar-refractivity contribution in [3.63, 3.8) is 0 Å². The fourth-order valence-corrected chi connectivity index (χ4v) is 3.95. The van der Waals surface area contributed by atoms with Crippen LogP contribution in [0.25, 0.3) is 0 Å². The van der Waals surface area contributed by atoms with Gasteiger partial charge in [0.2, 0.25) is 0 Å². The highest BCUT2D eigenvalue weighted by Gasteiger charge is 2.47. The molecule has 0 saturated carbocycles. The summed E-state index contributed by atoms with van der Waals surface area (Å²) in [6.07, 6.45) is 0.802. The van der Waals surface area contributed by atoms with E-state index < -0.39 is 5.60 Å². The Morgan fingerprint density at radius 2 is 1.35 bits per heavy atom. The van der Waals surface area contributed by atoms with E-state index in [9.17, 15) is 0 Å². The molecule has 1 aliphatic heterocycles. The van der Waals surface area contributed by atoms with Gasteiger partial charge < -0.3 is 0 Å². The Morgan fingerprint density at radius 3 is 1.96 bits per heavy atom. The summed E-state index contributed by atoms with van der Waals surface area (Å²) < 4.78 is 0. The molecule has 3 aromatic rings. The highest BCUT2D eigenvalue weighted by atomic mass is 35.5. The summed E-state index contributed by atoms with van der Waals surface area (Å²) in [7, 11) is 1.99. The molecule has 1 saturated heterocycles. The van der Waals surface area contributed by atoms with Gasteiger partial charge in [-0.3, -0.25) is 4.84 Å². The molecule has 0 N–H and O–H groups in total. The molecule has 0 spiro atoms.